The lowest BCUT2D eigenvalue weighted by atomic mass is 9.58. The lowest BCUT2D eigenvalue weighted by molar-refractivity contribution is -0.156. The van der Waals surface area contributed by atoms with Crippen molar-refractivity contribution in [2.75, 3.05) is 11.4 Å². The molecule has 0 aliphatic carbocycles. The molecule has 3 aliphatic rings. The highest BCUT2D eigenvalue weighted by atomic mass is 16.6. The van der Waals surface area contributed by atoms with Crippen molar-refractivity contribution in [3.05, 3.63) is 113 Å². The molecule has 3 aromatic rings. The second kappa shape index (κ2) is 14.6. The summed E-state index contributed by atoms with van der Waals surface area (Å²) in [5.74, 6) is -1.83. The first-order valence-electron chi connectivity index (χ1n) is 18.1. The molecule has 0 radical (unpaired) electrons. The van der Waals surface area contributed by atoms with Crippen LogP contribution < -0.4 is 4.90 Å². The van der Waals surface area contributed by atoms with Gasteiger partial charge in [-0.15, -0.1) is 0 Å². The number of carbonyl (C=O) groups is 3. The van der Waals surface area contributed by atoms with Gasteiger partial charge in [0, 0.05) is 6.54 Å². The first kappa shape index (κ1) is 34.5. The highest BCUT2D eigenvalue weighted by Crippen LogP contribution is 2.61. The summed E-state index contributed by atoms with van der Waals surface area (Å²) in [5.41, 5.74) is 2.73. The van der Waals surface area contributed by atoms with E-state index in [1.54, 1.807) is 26.8 Å². The average molecular weight is 663 g/mol. The molecule has 6 rings (SSSR count). The van der Waals surface area contributed by atoms with Crippen LogP contribution in [0.2, 0.25) is 0 Å². The van der Waals surface area contributed by atoms with Crippen LogP contribution in [0, 0.1) is 5.92 Å². The van der Waals surface area contributed by atoms with E-state index in [-0.39, 0.29) is 6.61 Å². The van der Waals surface area contributed by atoms with Crippen LogP contribution in [0.25, 0.3) is 0 Å². The fourth-order valence-electron chi connectivity index (χ4n) is 8.07. The zero-order chi connectivity index (χ0) is 34.6. The third-order valence-corrected chi connectivity index (χ3v) is 10.2. The van der Waals surface area contributed by atoms with Crippen molar-refractivity contribution in [3.8, 4) is 0 Å². The maximum Gasteiger partial charge on any atom is 0.421 e. The number of imide groups is 1. The third kappa shape index (κ3) is 6.77. The Labute approximate surface area is 291 Å². The van der Waals surface area contributed by atoms with Crippen LogP contribution >= 0.6 is 0 Å². The number of unbranched alkanes of at least 4 members (excludes halogenated alkanes) is 6. The van der Waals surface area contributed by atoms with Crippen molar-refractivity contribution in [2.45, 2.75) is 109 Å². The van der Waals surface area contributed by atoms with Crippen LogP contribution in [0.5, 0.6) is 0 Å². The van der Waals surface area contributed by atoms with E-state index >= 15 is 4.79 Å². The number of rotatable bonds is 11. The Hall–Kier alpha value is -4.39. The van der Waals surface area contributed by atoms with Gasteiger partial charge in [-0.2, -0.15) is 0 Å². The van der Waals surface area contributed by atoms with Crippen molar-refractivity contribution in [2.24, 2.45) is 5.92 Å². The molecule has 3 atom stereocenters. The van der Waals surface area contributed by atoms with Gasteiger partial charge in [0.2, 0.25) is 0 Å². The first-order valence-corrected chi connectivity index (χ1v) is 18.1. The van der Waals surface area contributed by atoms with Crippen molar-refractivity contribution in [1.82, 2.24) is 4.90 Å². The van der Waals surface area contributed by atoms with Crippen LogP contribution in [0.1, 0.15) is 107 Å². The molecular formula is C42H50N2O5. The number of nitrogens with zero attached hydrogens (tertiary/aromatic N) is 2. The van der Waals surface area contributed by atoms with Gasteiger partial charge in [-0.05, 0) is 80.1 Å². The van der Waals surface area contributed by atoms with Gasteiger partial charge in [0.05, 0.1) is 11.7 Å². The van der Waals surface area contributed by atoms with E-state index in [9.17, 15) is 9.59 Å². The summed E-state index contributed by atoms with van der Waals surface area (Å²) in [6, 6.07) is 24.7. The molecule has 1 spiro atoms. The Kier molecular flexibility index (Phi) is 10.3. The molecule has 2 amide bonds. The van der Waals surface area contributed by atoms with Gasteiger partial charge in [0.25, 0.3) is 5.91 Å². The summed E-state index contributed by atoms with van der Waals surface area (Å²) in [7, 11) is 0. The molecule has 3 aliphatic heterocycles. The van der Waals surface area contributed by atoms with Crippen molar-refractivity contribution in [1.29, 1.82) is 0 Å². The number of para-hydroxylation sites is 1. The van der Waals surface area contributed by atoms with E-state index in [2.05, 4.69) is 30.2 Å². The van der Waals surface area contributed by atoms with E-state index in [0.717, 1.165) is 47.9 Å². The summed E-state index contributed by atoms with van der Waals surface area (Å²) in [5, 5.41) is 0. The van der Waals surface area contributed by atoms with E-state index < -0.39 is 40.9 Å². The number of hydrogen-bond donors (Lipinski definition) is 0. The quantitative estimate of drug-likeness (QED) is 0.151. The molecule has 0 saturated carbocycles. The monoisotopic (exact) mass is 662 g/mol. The highest BCUT2D eigenvalue weighted by molar-refractivity contribution is 6.23. The van der Waals surface area contributed by atoms with Crippen LogP contribution in [0.15, 0.2) is 90.6 Å². The molecule has 7 nitrogen and oxygen atoms in total. The van der Waals surface area contributed by atoms with Gasteiger partial charge in [0.15, 0.2) is 0 Å². The molecule has 49 heavy (non-hydrogen) atoms. The van der Waals surface area contributed by atoms with Crippen LogP contribution in [-0.4, -0.2) is 35.0 Å². The Balaban J connectivity index is 1.49. The minimum absolute atomic E-state index is 0.0908. The molecule has 0 unspecified atom stereocenters. The molecule has 0 fully saturated rings. The molecule has 3 heterocycles. The molecule has 0 aromatic heterocycles. The second-order valence-electron chi connectivity index (χ2n) is 14.7. The second-order valence-corrected chi connectivity index (χ2v) is 14.7. The SMILES string of the molecule is CCCCCCCCCC1=CN2CCc3ccccc3[C@@H]2[C@]2(C(=O)N(C(=O)OC(C)(C)C)c3ccccc32)[C@@H]1C(=O)OCc1ccccc1. The zero-order valence-corrected chi connectivity index (χ0v) is 29.5. The number of carbonyl (C=O) groups excluding carboxylic acids is 3. The molecule has 0 bridgehead atoms. The number of benzene rings is 3. The van der Waals surface area contributed by atoms with Gasteiger partial charge < -0.3 is 14.4 Å². The molecule has 0 N–H and O–H groups in total. The van der Waals surface area contributed by atoms with E-state index in [4.69, 9.17) is 9.47 Å². The van der Waals surface area contributed by atoms with E-state index in [1.807, 2.05) is 60.7 Å². The lowest BCUT2D eigenvalue weighted by Gasteiger charge is -2.53. The van der Waals surface area contributed by atoms with Crippen LogP contribution in [-0.2, 0) is 37.5 Å². The predicted molar refractivity (Wildman–Crippen MR) is 192 cm³/mol. The third-order valence-electron chi connectivity index (χ3n) is 10.2. The fourth-order valence-corrected chi connectivity index (χ4v) is 8.07. The average Bonchev–Trinajstić information content (AvgIpc) is 3.34. The van der Waals surface area contributed by atoms with E-state index in [1.165, 1.54) is 30.6 Å². The smallest absolute Gasteiger partial charge is 0.421 e. The topological polar surface area (TPSA) is 76.2 Å². The van der Waals surface area contributed by atoms with E-state index in [0.29, 0.717) is 24.2 Å². The van der Waals surface area contributed by atoms with Gasteiger partial charge in [-0.1, -0.05) is 118 Å². The summed E-state index contributed by atoms with van der Waals surface area (Å²) in [6.45, 7) is 8.38. The lowest BCUT2D eigenvalue weighted by Crippen LogP contribution is -2.60. The summed E-state index contributed by atoms with van der Waals surface area (Å²) < 4.78 is 12.0. The Bertz CT molecular complexity index is 1690. The summed E-state index contributed by atoms with van der Waals surface area (Å²) in [6.07, 6.45) is 10.8. The van der Waals surface area contributed by atoms with Gasteiger partial charge >= 0.3 is 12.1 Å². The highest BCUT2D eigenvalue weighted by Gasteiger charge is 2.68. The van der Waals surface area contributed by atoms with Crippen molar-refractivity contribution >= 4 is 23.7 Å². The molecular weight excluding hydrogens is 612 g/mol. The molecule has 0 saturated heterocycles. The first-order chi connectivity index (χ1) is 23.7. The predicted octanol–water partition coefficient (Wildman–Crippen LogP) is 9.20. The largest absolute Gasteiger partial charge is 0.460 e. The number of hydrogen-bond acceptors (Lipinski definition) is 6. The van der Waals surface area contributed by atoms with Crippen molar-refractivity contribution in [3.63, 3.8) is 0 Å². The Morgan fingerprint density at radius 2 is 1.53 bits per heavy atom. The maximum absolute atomic E-state index is 15.5. The van der Waals surface area contributed by atoms with Crippen molar-refractivity contribution < 1.29 is 23.9 Å². The normalized spacial score (nSPS) is 21.1. The van der Waals surface area contributed by atoms with Gasteiger partial charge in [-0.3, -0.25) is 9.59 Å². The number of anilines is 1. The molecule has 3 aromatic carbocycles. The number of amides is 2. The minimum Gasteiger partial charge on any atom is -0.460 e. The number of esters is 1. The van der Waals surface area contributed by atoms with Crippen LogP contribution in [0.3, 0.4) is 0 Å². The number of fused-ring (bicyclic) bond motifs is 6. The molecule has 258 valence electrons. The molecule has 7 heteroatoms. The van der Waals surface area contributed by atoms with Crippen LogP contribution in [0.4, 0.5) is 10.5 Å². The minimum atomic E-state index is -1.46. The number of ether oxygens (including phenoxy) is 2. The summed E-state index contributed by atoms with van der Waals surface area (Å²) in [4.78, 5) is 47.8. The van der Waals surface area contributed by atoms with Gasteiger partial charge in [0.1, 0.15) is 23.5 Å². The zero-order valence-electron chi connectivity index (χ0n) is 29.5. The Morgan fingerprint density at radius 1 is 0.857 bits per heavy atom. The summed E-state index contributed by atoms with van der Waals surface area (Å²) >= 11 is 0. The fraction of sp³-hybridized carbons (Fsp3) is 0.452. The Morgan fingerprint density at radius 3 is 2.29 bits per heavy atom. The standard InChI is InChI=1S/C42H50N2O5/c1-5-6-7-8-9-10-14-22-32-28-43-27-26-31-21-15-16-23-33(31)37(43)42(36(32)38(45)48-29-30-19-12-11-13-20-30)34-24-17-18-25-35(34)44(39(42)46)40(47)49-41(2,3)4/h11-13,15-21,23-25,28,36-37H,5-10,14,22,26-27,29H2,1-4H3/t36-,37+,42+/m0/s1. The maximum atomic E-state index is 15.5. The van der Waals surface area contributed by atoms with Gasteiger partial charge in [-0.25, -0.2) is 9.69 Å².